The Kier molecular flexibility index (Phi) is 7.36. The van der Waals surface area contributed by atoms with Crippen LogP contribution in [0.5, 0.6) is 0 Å². The van der Waals surface area contributed by atoms with E-state index in [9.17, 15) is 14.7 Å². The fraction of sp³-hybridized carbons (Fsp3) is 0.391. The fourth-order valence-electron chi connectivity index (χ4n) is 3.68. The normalized spacial score (nSPS) is 14.1. The summed E-state index contributed by atoms with van der Waals surface area (Å²) in [6, 6.07) is 4.21. The molecule has 0 radical (unpaired) electrons. The second-order valence-electron chi connectivity index (χ2n) is 8.00. The minimum Gasteiger partial charge on any atom is -0.465 e. The second-order valence-corrected chi connectivity index (χ2v) is 9.97. The predicted octanol–water partition coefficient (Wildman–Crippen LogP) is 4.69. The van der Waals surface area contributed by atoms with Crippen molar-refractivity contribution in [2.45, 2.75) is 45.7 Å². The van der Waals surface area contributed by atoms with Gasteiger partial charge in [-0.3, -0.25) is 9.78 Å². The molecule has 2 amide bonds. The first-order valence-corrected chi connectivity index (χ1v) is 12.7. The van der Waals surface area contributed by atoms with Crippen molar-refractivity contribution in [2.24, 2.45) is 0 Å². The first kappa shape index (κ1) is 23.3. The molecule has 10 heteroatoms. The van der Waals surface area contributed by atoms with Gasteiger partial charge in [0.05, 0.1) is 12.2 Å². The summed E-state index contributed by atoms with van der Waals surface area (Å²) in [4.78, 5) is 35.6. The van der Waals surface area contributed by atoms with Crippen LogP contribution in [-0.4, -0.2) is 51.1 Å². The van der Waals surface area contributed by atoms with Gasteiger partial charge in [0.2, 0.25) is 5.91 Å². The number of anilines is 1. The SMILES string of the molecule is CCC(C)NCCC(=O)Nc1sc2c(c1-c1nc(-c3cccnc3)cs1)CCN(C(=O)O)C2. The van der Waals surface area contributed by atoms with Gasteiger partial charge in [0.1, 0.15) is 10.0 Å². The highest BCUT2D eigenvalue weighted by Crippen LogP contribution is 2.45. The first-order chi connectivity index (χ1) is 16.0. The molecule has 0 aliphatic carbocycles. The molecule has 0 saturated heterocycles. The van der Waals surface area contributed by atoms with E-state index in [0.717, 1.165) is 43.7 Å². The van der Waals surface area contributed by atoms with E-state index in [2.05, 4.69) is 29.5 Å². The van der Waals surface area contributed by atoms with Crippen molar-refractivity contribution >= 4 is 39.7 Å². The van der Waals surface area contributed by atoms with Crippen LogP contribution in [0.3, 0.4) is 0 Å². The number of pyridine rings is 1. The van der Waals surface area contributed by atoms with Gasteiger partial charge in [0.15, 0.2) is 0 Å². The molecule has 1 unspecified atom stereocenters. The molecular weight excluding hydrogens is 458 g/mol. The largest absolute Gasteiger partial charge is 0.465 e. The van der Waals surface area contributed by atoms with E-state index in [-0.39, 0.29) is 5.91 Å². The maximum atomic E-state index is 12.7. The number of aromatic nitrogens is 2. The fourth-order valence-corrected chi connectivity index (χ4v) is 5.93. The van der Waals surface area contributed by atoms with Crippen LogP contribution in [0.4, 0.5) is 9.80 Å². The summed E-state index contributed by atoms with van der Waals surface area (Å²) >= 11 is 2.97. The lowest BCUT2D eigenvalue weighted by molar-refractivity contribution is -0.116. The van der Waals surface area contributed by atoms with Crippen LogP contribution in [0.1, 0.15) is 37.1 Å². The van der Waals surface area contributed by atoms with Crippen molar-refractivity contribution in [3.63, 3.8) is 0 Å². The Morgan fingerprint density at radius 2 is 2.21 bits per heavy atom. The van der Waals surface area contributed by atoms with Crippen molar-refractivity contribution in [1.82, 2.24) is 20.2 Å². The van der Waals surface area contributed by atoms with E-state index < -0.39 is 6.09 Å². The molecule has 4 rings (SSSR count). The summed E-state index contributed by atoms with van der Waals surface area (Å²) in [7, 11) is 0. The molecule has 0 saturated carbocycles. The number of carbonyl (C=O) groups excluding carboxylic acids is 1. The summed E-state index contributed by atoms with van der Waals surface area (Å²) in [5.41, 5.74) is 3.77. The monoisotopic (exact) mass is 485 g/mol. The van der Waals surface area contributed by atoms with Gasteiger partial charge in [-0.2, -0.15) is 0 Å². The van der Waals surface area contributed by atoms with Crippen LogP contribution in [0.15, 0.2) is 29.9 Å². The molecule has 0 fully saturated rings. The Morgan fingerprint density at radius 3 is 2.94 bits per heavy atom. The Labute approximate surface area is 200 Å². The minimum absolute atomic E-state index is 0.0650. The number of nitrogens with one attached hydrogen (secondary N) is 2. The lowest BCUT2D eigenvalue weighted by Gasteiger charge is -2.24. The summed E-state index contributed by atoms with van der Waals surface area (Å²) in [5, 5.41) is 19.4. The van der Waals surface area contributed by atoms with E-state index in [0.29, 0.717) is 38.5 Å². The van der Waals surface area contributed by atoms with E-state index >= 15 is 0 Å². The van der Waals surface area contributed by atoms with Crippen LogP contribution >= 0.6 is 22.7 Å². The standard InChI is InChI=1S/C23H27N5O3S2/c1-3-14(2)25-9-6-19(29)27-22-20(16-7-10-28(23(30)31)12-18(16)33-22)21-26-17(13-32-21)15-5-4-8-24-11-15/h4-5,8,11,13-14,25H,3,6-7,9-10,12H2,1-2H3,(H,27,29)(H,30,31). The lowest BCUT2D eigenvalue weighted by Crippen LogP contribution is -2.34. The highest BCUT2D eigenvalue weighted by atomic mass is 32.1. The van der Waals surface area contributed by atoms with Crippen LogP contribution in [0.25, 0.3) is 21.8 Å². The van der Waals surface area contributed by atoms with Crippen LogP contribution in [-0.2, 0) is 17.8 Å². The van der Waals surface area contributed by atoms with Crippen LogP contribution in [0, 0.1) is 0 Å². The molecular formula is C23H27N5O3S2. The third-order valence-corrected chi connectivity index (χ3v) is 7.70. The number of thiazole rings is 1. The van der Waals surface area contributed by atoms with Gasteiger partial charge >= 0.3 is 6.09 Å². The zero-order valence-electron chi connectivity index (χ0n) is 18.6. The topological polar surface area (TPSA) is 107 Å². The molecule has 174 valence electrons. The molecule has 4 heterocycles. The van der Waals surface area contributed by atoms with Crippen LogP contribution < -0.4 is 10.6 Å². The number of hydrogen-bond acceptors (Lipinski definition) is 7. The Bertz CT molecular complexity index is 1130. The van der Waals surface area contributed by atoms with Crippen molar-refractivity contribution in [2.75, 3.05) is 18.4 Å². The van der Waals surface area contributed by atoms with Crippen LogP contribution in [0.2, 0.25) is 0 Å². The number of rotatable bonds is 8. The molecule has 3 aromatic heterocycles. The zero-order valence-corrected chi connectivity index (χ0v) is 20.3. The average Bonchev–Trinajstić information content (AvgIpc) is 3.43. The third-order valence-electron chi connectivity index (χ3n) is 5.71. The van der Waals surface area contributed by atoms with E-state index in [4.69, 9.17) is 4.98 Å². The third kappa shape index (κ3) is 5.40. The van der Waals surface area contributed by atoms with Gasteiger partial charge in [0.25, 0.3) is 0 Å². The molecule has 3 N–H and O–H groups in total. The molecule has 3 aromatic rings. The Balaban J connectivity index is 1.62. The molecule has 1 aliphatic heterocycles. The number of carboxylic acid groups (broad SMARTS) is 1. The van der Waals surface area contributed by atoms with Gasteiger partial charge in [-0.25, -0.2) is 9.78 Å². The maximum absolute atomic E-state index is 12.7. The van der Waals surface area contributed by atoms with E-state index in [1.54, 1.807) is 12.4 Å². The highest BCUT2D eigenvalue weighted by molar-refractivity contribution is 7.18. The highest BCUT2D eigenvalue weighted by Gasteiger charge is 2.29. The van der Waals surface area contributed by atoms with Crippen molar-refractivity contribution in [3.05, 3.63) is 40.3 Å². The lowest BCUT2D eigenvalue weighted by atomic mass is 10.0. The summed E-state index contributed by atoms with van der Waals surface area (Å²) < 4.78 is 0. The zero-order chi connectivity index (χ0) is 23.4. The van der Waals surface area contributed by atoms with E-state index in [1.165, 1.54) is 27.6 Å². The smallest absolute Gasteiger partial charge is 0.407 e. The van der Waals surface area contributed by atoms with Crippen molar-refractivity contribution in [3.8, 4) is 21.8 Å². The number of carbonyl (C=O) groups is 2. The summed E-state index contributed by atoms with van der Waals surface area (Å²) in [5.74, 6) is -0.0650. The Morgan fingerprint density at radius 1 is 1.36 bits per heavy atom. The number of hydrogen-bond donors (Lipinski definition) is 3. The quantitative estimate of drug-likeness (QED) is 0.427. The number of fused-ring (bicyclic) bond motifs is 1. The van der Waals surface area contributed by atoms with Gasteiger partial charge in [0, 0.05) is 59.3 Å². The minimum atomic E-state index is -0.926. The summed E-state index contributed by atoms with van der Waals surface area (Å²) in [6.45, 7) is 5.57. The molecule has 1 atom stereocenters. The number of nitrogens with zero attached hydrogens (tertiary/aromatic N) is 3. The Hall–Kier alpha value is -2.82. The summed E-state index contributed by atoms with van der Waals surface area (Å²) in [6.07, 6.45) is 4.55. The van der Waals surface area contributed by atoms with Gasteiger partial charge in [-0.05, 0) is 37.5 Å². The molecule has 8 nitrogen and oxygen atoms in total. The van der Waals surface area contributed by atoms with Gasteiger partial charge in [-0.1, -0.05) is 6.92 Å². The number of thiophene rings is 1. The first-order valence-electron chi connectivity index (χ1n) is 11.0. The van der Waals surface area contributed by atoms with E-state index in [1.807, 2.05) is 17.5 Å². The van der Waals surface area contributed by atoms with Gasteiger partial charge < -0.3 is 20.6 Å². The molecule has 0 aromatic carbocycles. The molecule has 0 bridgehead atoms. The number of amides is 2. The van der Waals surface area contributed by atoms with Gasteiger partial charge in [-0.15, -0.1) is 22.7 Å². The predicted molar refractivity (Wildman–Crippen MR) is 132 cm³/mol. The molecule has 0 spiro atoms. The van der Waals surface area contributed by atoms with Crippen molar-refractivity contribution < 1.29 is 14.7 Å². The molecule has 1 aliphatic rings. The average molecular weight is 486 g/mol. The molecule has 33 heavy (non-hydrogen) atoms. The second kappa shape index (κ2) is 10.4. The maximum Gasteiger partial charge on any atom is 0.407 e. The van der Waals surface area contributed by atoms with Crippen molar-refractivity contribution in [1.29, 1.82) is 0 Å².